The average Bonchev–Trinajstić information content (AvgIpc) is 2.49. The van der Waals surface area contributed by atoms with Crippen molar-refractivity contribution in [3.05, 3.63) is 69.9 Å². The van der Waals surface area contributed by atoms with E-state index in [0.717, 1.165) is 18.4 Å². The number of rotatable bonds is 6. The lowest BCUT2D eigenvalue weighted by Crippen LogP contribution is -2.37. The van der Waals surface area contributed by atoms with Gasteiger partial charge in [-0.3, -0.25) is 11.3 Å². The minimum atomic E-state index is -0.235. The Kier molecular flexibility index (Phi) is 5.71. The number of aryl methyl sites for hydroxylation is 1. The molecule has 0 heterocycles. The predicted octanol–water partition coefficient (Wildman–Crippen LogP) is 3.60. The number of halogens is 2. The summed E-state index contributed by atoms with van der Waals surface area (Å²) in [7, 11) is 0. The molecular weight excluding hydrogens is 319 g/mol. The number of hydrogen-bond donors (Lipinski definition) is 2. The second-order valence-corrected chi connectivity index (χ2v) is 5.60. The standard InChI is InChI=1S/C16H18BrFN2/c17-16-13(7-4-8-15(16)18)11-14(20-19)10-9-12-5-2-1-3-6-12/h1-8,14,20H,9-11,19H2. The summed E-state index contributed by atoms with van der Waals surface area (Å²) >= 11 is 3.29. The second-order valence-electron chi connectivity index (χ2n) is 4.80. The Hall–Kier alpha value is -1.23. The fourth-order valence-electron chi connectivity index (χ4n) is 2.20. The molecule has 0 aliphatic heterocycles. The van der Waals surface area contributed by atoms with Gasteiger partial charge < -0.3 is 0 Å². The van der Waals surface area contributed by atoms with Crippen molar-refractivity contribution in [2.24, 2.45) is 5.84 Å². The molecule has 0 amide bonds. The van der Waals surface area contributed by atoms with Crippen molar-refractivity contribution in [2.75, 3.05) is 0 Å². The largest absolute Gasteiger partial charge is 0.271 e. The van der Waals surface area contributed by atoms with Crippen LogP contribution in [0.5, 0.6) is 0 Å². The molecule has 3 N–H and O–H groups in total. The summed E-state index contributed by atoms with van der Waals surface area (Å²) in [6, 6.07) is 15.5. The molecule has 0 radical (unpaired) electrons. The fourth-order valence-corrected chi connectivity index (χ4v) is 2.63. The van der Waals surface area contributed by atoms with Crippen LogP contribution in [0.25, 0.3) is 0 Å². The summed E-state index contributed by atoms with van der Waals surface area (Å²) in [5.74, 6) is 5.38. The van der Waals surface area contributed by atoms with Crippen molar-refractivity contribution in [2.45, 2.75) is 25.3 Å². The lowest BCUT2D eigenvalue weighted by atomic mass is 9.99. The van der Waals surface area contributed by atoms with Gasteiger partial charge in [-0.25, -0.2) is 4.39 Å². The third-order valence-corrected chi connectivity index (χ3v) is 4.25. The summed E-state index contributed by atoms with van der Waals surface area (Å²) in [6.07, 6.45) is 2.55. The molecular formula is C16H18BrFN2. The quantitative estimate of drug-likeness (QED) is 0.624. The smallest absolute Gasteiger partial charge is 0.137 e. The Balaban J connectivity index is 1.97. The van der Waals surface area contributed by atoms with Gasteiger partial charge in [0.2, 0.25) is 0 Å². The van der Waals surface area contributed by atoms with E-state index in [1.807, 2.05) is 24.3 Å². The zero-order valence-corrected chi connectivity index (χ0v) is 12.7. The van der Waals surface area contributed by atoms with Gasteiger partial charge >= 0.3 is 0 Å². The van der Waals surface area contributed by atoms with Crippen LogP contribution in [0.15, 0.2) is 53.0 Å². The third kappa shape index (κ3) is 4.13. The van der Waals surface area contributed by atoms with Gasteiger partial charge in [-0.15, -0.1) is 0 Å². The normalized spacial score (nSPS) is 12.3. The fraction of sp³-hybridized carbons (Fsp3) is 0.250. The van der Waals surface area contributed by atoms with E-state index in [0.29, 0.717) is 10.9 Å². The van der Waals surface area contributed by atoms with Crippen molar-refractivity contribution < 1.29 is 4.39 Å². The number of benzene rings is 2. The summed E-state index contributed by atoms with van der Waals surface area (Å²) in [5, 5.41) is 0. The number of hydrogen-bond acceptors (Lipinski definition) is 2. The molecule has 1 unspecified atom stereocenters. The van der Waals surface area contributed by atoms with E-state index in [1.54, 1.807) is 6.07 Å². The highest BCUT2D eigenvalue weighted by Gasteiger charge is 2.12. The summed E-state index contributed by atoms with van der Waals surface area (Å²) in [5.41, 5.74) is 5.04. The van der Waals surface area contributed by atoms with E-state index < -0.39 is 0 Å². The SMILES string of the molecule is NNC(CCc1ccccc1)Cc1cccc(F)c1Br. The van der Waals surface area contributed by atoms with Crippen molar-refractivity contribution in [1.82, 2.24) is 5.43 Å². The van der Waals surface area contributed by atoms with E-state index in [2.05, 4.69) is 33.5 Å². The van der Waals surface area contributed by atoms with Crippen molar-refractivity contribution >= 4 is 15.9 Å². The zero-order valence-electron chi connectivity index (χ0n) is 11.2. The van der Waals surface area contributed by atoms with Gasteiger partial charge in [-0.2, -0.15) is 0 Å². The van der Waals surface area contributed by atoms with Crippen LogP contribution in [0.1, 0.15) is 17.5 Å². The Morgan fingerprint density at radius 2 is 1.85 bits per heavy atom. The molecule has 2 nitrogen and oxygen atoms in total. The van der Waals surface area contributed by atoms with Gasteiger partial charge in [0.15, 0.2) is 0 Å². The third-order valence-electron chi connectivity index (χ3n) is 3.36. The molecule has 0 bridgehead atoms. The lowest BCUT2D eigenvalue weighted by molar-refractivity contribution is 0.489. The Labute approximate surface area is 127 Å². The van der Waals surface area contributed by atoms with E-state index >= 15 is 0 Å². The Morgan fingerprint density at radius 1 is 1.10 bits per heavy atom. The molecule has 1 atom stereocenters. The number of nitrogens with one attached hydrogen (secondary N) is 1. The van der Waals surface area contributed by atoms with Crippen LogP contribution in [-0.4, -0.2) is 6.04 Å². The van der Waals surface area contributed by atoms with Gasteiger partial charge in [0.1, 0.15) is 5.82 Å². The molecule has 2 aromatic carbocycles. The van der Waals surface area contributed by atoms with E-state index in [1.165, 1.54) is 11.6 Å². The highest BCUT2D eigenvalue weighted by atomic mass is 79.9. The summed E-state index contributed by atoms with van der Waals surface area (Å²) < 4.78 is 14.0. The first-order valence-corrected chi connectivity index (χ1v) is 7.43. The molecule has 2 aromatic rings. The van der Waals surface area contributed by atoms with Gasteiger partial charge in [0.05, 0.1) is 4.47 Å². The molecule has 106 valence electrons. The molecule has 2 rings (SSSR count). The first-order chi connectivity index (χ1) is 9.70. The molecule has 0 fully saturated rings. The van der Waals surface area contributed by atoms with E-state index in [4.69, 9.17) is 5.84 Å². The van der Waals surface area contributed by atoms with Gasteiger partial charge in [0.25, 0.3) is 0 Å². The number of nitrogens with two attached hydrogens (primary N) is 1. The van der Waals surface area contributed by atoms with E-state index in [-0.39, 0.29) is 11.9 Å². The topological polar surface area (TPSA) is 38.0 Å². The first kappa shape index (κ1) is 15.2. The monoisotopic (exact) mass is 336 g/mol. The molecule has 0 saturated carbocycles. The summed E-state index contributed by atoms with van der Waals surface area (Å²) in [6.45, 7) is 0. The lowest BCUT2D eigenvalue weighted by Gasteiger charge is -2.17. The number of hydrazine groups is 1. The Morgan fingerprint density at radius 3 is 2.55 bits per heavy atom. The maximum atomic E-state index is 13.5. The minimum absolute atomic E-state index is 0.119. The molecule has 0 aliphatic rings. The molecule has 4 heteroatoms. The molecule has 0 saturated heterocycles. The van der Waals surface area contributed by atoms with Crippen LogP contribution in [0.2, 0.25) is 0 Å². The molecule has 20 heavy (non-hydrogen) atoms. The van der Waals surface area contributed by atoms with Crippen molar-refractivity contribution in [1.29, 1.82) is 0 Å². The molecule has 0 aliphatic carbocycles. The van der Waals surface area contributed by atoms with Crippen molar-refractivity contribution in [3.8, 4) is 0 Å². The maximum Gasteiger partial charge on any atom is 0.137 e. The highest BCUT2D eigenvalue weighted by Crippen LogP contribution is 2.22. The van der Waals surface area contributed by atoms with Crippen LogP contribution in [0.3, 0.4) is 0 Å². The average molecular weight is 337 g/mol. The van der Waals surface area contributed by atoms with Gasteiger partial charge in [-0.1, -0.05) is 42.5 Å². The maximum absolute atomic E-state index is 13.5. The van der Waals surface area contributed by atoms with Crippen LogP contribution in [0.4, 0.5) is 4.39 Å². The zero-order chi connectivity index (χ0) is 14.4. The molecule has 0 spiro atoms. The first-order valence-electron chi connectivity index (χ1n) is 6.63. The highest BCUT2D eigenvalue weighted by molar-refractivity contribution is 9.10. The predicted molar refractivity (Wildman–Crippen MR) is 83.7 cm³/mol. The Bertz CT molecular complexity index is 545. The van der Waals surface area contributed by atoms with E-state index in [9.17, 15) is 4.39 Å². The van der Waals surface area contributed by atoms with Crippen LogP contribution in [0, 0.1) is 5.82 Å². The summed E-state index contributed by atoms with van der Waals surface area (Å²) in [4.78, 5) is 0. The van der Waals surface area contributed by atoms with Crippen LogP contribution in [-0.2, 0) is 12.8 Å². The molecule has 0 aromatic heterocycles. The van der Waals surface area contributed by atoms with Gasteiger partial charge in [-0.05, 0) is 52.4 Å². The van der Waals surface area contributed by atoms with Crippen LogP contribution < -0.4 is 11.3 Å². The second kappa shape index (κ2) is 7.53. The van der Waals surface area contributed by atoms with Crippen molar-refractivity contribution in [3.63, 3.8) is 0 Å². The minimum Gasteiger partial charge on any atom is -0.271 e. The van der Waals surface area contributed by atoms with Gasteiger partial charge in [0, 0.05) is 6.04 Å². The van der Waals surface area contributed by atoms with Crippen LogP contribution >= 0.6 is 15.9 Å².